The first-order valence-corrected chi connectivity index (χ1v) is 8.84. The van der Waals surface area contributed by atoms with Crippen LogP contribution in [0.1, 0.15) is 29.8 Å². The summed E-state index contributed by atoms with van der Waals surface area (Å²) in [5, 5.41) is 14.0. The number of carbonyl (C=O) groups is 2. The summed E-state index contributed by atoms with van der Waals surface area (Å²) in [6, 6.07) is 9.32. The van der Waals surface area contributed by atoms with Crippen molar-refractivity contribution in [1.82, 2.24) is 0 Å². The zero-order chi connectivity index (χ0) is 21.6. The number of nitrogens with zero attached hydrogens (tertiary/aromatic N) is 1. The van der Waals surface area contributed by atoms with Crippen molar-refractivity contribution in [3.05, 3.63) is 57.6 Å². The van der Waals surface area contributed by atoms with E-state index in [0.29, 0.717) is 5.69 Å². The summed E-state index contributed by atoms with van der Waals surface area (Å²) in [7, 11) is 1.33. The van der Waals surface area contributed by atoms with Crippen LogP contribution in [0.4, 0.5) is 11.4 Å². The summed E-state index contributed by atoms with van der Waals surface area (Å²) in [4.78, 5) is 35.5. The molecule has 1 amide bonds. The van der Waals surface area contributed by atoms with Crippen molar-refractivity contribution in [2.75, 3.05) is 19.0 Å². The Morgan fingerprint density at radius 2 is 1.83 bits per heavy atom. The van der Waals surface area contributed by atoms with Gasteiger partial charge in [-0.1, -0.05) is 17.7 Å². The fraction of sp³-hybridized carbons (Fsp3) is 0.300. The molecule has 0 radical (unpaired) electrons. The van der Waals surface area contributed by atoms with Crippen molar-refractivity contribution in [2.24, 2.45) is 0 Å². The Bertz CT molecular complexity index is 910. The van der Waals surface area contributed by atoms with E-state index in [4.69, 9.17) is 14.2 Å². The second-order valence-electron chi connectivity index (χ2n) is 6.11. The quantitative estimate of drug-likeness (QED) is 0.408. The number of nitro benzene ring substituents is 1. The molecule has 9 heteroatoms. The number of anilines is 1. The molecule has 0 spiro atoms. The van der Waals surface area contributed by atoms with Gasteiger partial charge in [0.1, 0.15) is 5.56 Å². The summed E-state index contributed by atoms with van der Waals surface area (Å²) < 4.78 is 15.6. The van der Waals surface area contributed by atoms with Crippen LogP contribution in [0.2, 0.25) is 0 Å². The number of nitro groups is 1. The summed E-state index contributed by atoms with van der Waals surface area (Å²) in [5.41, 5.74) is 0.715. The molecule has 0 aromatic heterocycles. The lowest BCUT2D eigenvalue weighted by Crippen LogP contribution is -2.30. The third-order valence-corrected chi connectivity index (χ3v) is 3.97. The SMILES string of the molecule is CCOc1cc(C(=O)O[C@@H](C)C(=O)Nc2ccc(C)cc2)c([N+](=O)[O-])cc1OC. The number of benzene rings is 2. The van der Waals surface area contributed by atoms with Crippen molar-refractivity contribution < 1.29 is 28.7 Å². The largest absolute Gasteiger partial charge is 0.493 e. The lowest BCUT2D eigenvalue weighted by atomic mass is 10.1. The fourth-order valence-corrected chi connectivity index (χ4v) is 2.45. The van der Waals surface area contributed by atoms with Gasteiger partial charge in [0, 0.05) is 11.8 Å². The maximum atomic E-state index is 12.5. The highest BCUT2D eigenvalue weighted by Gasteiger charge is 2.28. The minimum absolute atomic E-state index is 0.111. The molecule has 154 valence electrons. The smallest absolute Gasteiger partial charge is 0.346 e. The van der Waals surface area contributed by atoms with Crippen LogP contribution in [0.5, 0.6) is 11.5 Å². The van der Waals surface area contributed by atoms with Gasteiger partial charge in [-0.05, 0) is 32.9 Å². The average Bonchev–Trinajstić information content (AvgIpc) is 2.69. The topological polar surface area (TPSA) is 117 Å². The highest BCUT2D eigenvalue weighted by atomic mass is 16.6. The predicted molar refractivity (Wildman–Crippen MR) is 106 cm³/mol. The van der Waals surface area contributed by atoms with Gasteiger partial charge in [-0.15, -0.1) is 0 Å². The first kappa shape index (κ1) is 21.7. The van der Waals surface area contributed by atoms with Crippen molar-refractivity contribution in [1.29, 1.82) is 0 Å². The number of rotatable bonds is 8. The normalized spacial score (nSPS) is 11.3. The van der Waals surface area contributed by atoms with E-state index < -0.39 is 28.6 Å². The molecule has 29 heavy (non-hydrogen) atoms. The number of hydrogen-bond donors (Lipinski definition) is 1. The highest BCUT2D eigenvalue weighted by Crippen LogP contribution is 2.35. The van der Waals surface area contributed by atoms with Crippen LogP contribution in [0.15, 0.2) is 36.4 Å². The Morgan fingerprint density at radius 3 is 2.38 bits per heavy atom. The summed E-state index contributed by atoms with van der Waals surface area (Å²) in [6.07, 6.45) is -1.18. The van der Waals surface area contributed by atoms with E-state index in [0.717, 1.165) is 11.6 Å². The third kappa shape index (κ3) is 5.44. The molecule has 0 aliphatic rings. The van der Waals surface area contributed by atoms with Crippen molar-refractivity contribution in [2.45, 2.75) is 26.9 Å². The first-order chi connectivity index (χ1) is 13.8. The Labute approximate surface area is 167 Å². The average molecular weight is 402 g/mol. The molecule has 1 N–H and O–H groups in total. The second-order valence-corrected chi connectivity index (χ2v) is 6.11. The molecule has 0 bridgehead atoms. The Kier molecular flexibility index (Phi) is 7.13. The second kappa shape index (κ2) is 9.54. The third-order valence-electron chi connectivity index (χ3n) is 3.97. The highest BCUT2D eigenvalue weighted by molar-refractivity contribution is 5.99. The van der Waals surface area contributed by atoms with Crippen LogP contribution in [0, 0.1) is 17.0 Å². The van der Waals surface area contributed by atoms with Gasteiger partial charge in [0.05, 0.1) is 24.7 Å². The minimum atomic E-state index is -1.18. The van der Waals surface area contributed by atoms with Crippen molar-refractivity contribution >= 4 is 23.3 Å². The number of nitrogens with one attached hydrogen (secondary N) is 1. The molecule has 2 aromatic rings. The predicted octanol–water partition coefficient (Wildman–Crippen LogP) is 3.49. The van der Waals surface area contributed by atoms with E-state index in [1.54, 1.807) is 19.1 Å². The Balaban J connectivity index is 2.21. The molecule has 2 aromatic carbocycles. The molecule has 0 fully saturated rings. The van der Waals surface area contributed by atoms with Crippen LogP contribution in [-0.2, 0) is 9.53 Å². The fourth-order valence-electron chi connectivity index (χ4n) is 2.45. The van der Waals surface area contributed by atoms with Gasteiger partial charge in [-0.3, -0.25) is 14.9 Å². The van der Waals surface area contributed by atoms with E-state index in [1.807, 2.05) is 19.1 Å². The van der Waals surface area contributed by atoms with E-state index in [1.165, 1.54) is 20.1 Å². The van der Waals surface area contributed by atoms with Gasteiger partial charge < -0.3 is 19.5 Å². The Hall–Kier alpha value is -3.62. The first-order valence-electron chi connectivity index (χ1n) is 8.84. The van der Waals surface area contributed by atoms with Crippen LogP contribution in [-0.4, -0.2) is 36.6 Å². The van der Waals surface area contributed by atoms with E-state index >= 15 is 0 Å². The van der Waals surface area contributed by atoms with Crippen LogP contribution in [0.3, 0.4) is 0 Å². The lowest BCUT2D eigenvalue weighted by molar-refractivity contribution is -0.385. The molecule has 9 nitrogen and oxygen atoms in total. The number of hydrogen-bond acceptors (Lipinski definition) is 7. The van der Waals surface area contributed by atoms with Crippen LogP contribution in [0.25, 0.3) is 0 Å². The van der Waals surface area contributed by atoms with Gasteiger partial charge in [0.15, 0.2) is 17.6 Å². The van der Waals surface area contributed by atoms with Gasteiger partial charge in [0.2, 0.25) is 0 Å². The molecular formula is C20H22N2O7. The van der Waals surface area contributed by atoms with Crippen LogP contribution >= 0.6 is 0 Å². The Morgan fingerprint density at radius 1 is 1.17 bits per heavy atom. The van der Waals surface area contributed by atoms with Crippen LogP contribution < -0.4 is 14.8 Å². The summed E-state index contributed by atoms with van der Waals surface area (Å²) in [5.74, 6) is -1.32. The van der Waals surface area contributed by atoms with Crippen molar-refractivity contribution in [3.63, 3.8) is 0 Å². The molecule has 0 heterocycles. The van der Waals surface area contributed by atoms with E-state index in [2.05, 4.69) is 5.32 Å². The summed E-state index contributed by atoms with van der Waals surface area (Å²) in [6.45, 7) is 5.27. The lowest BCUT2D eigenvalue weighted by Gasteiger charge is -2.15. The molecule has 0 aliphatic heterocycles. The van der Waals surface area contributed by atoms with Gasteiger partial charge in [0.25, 0.3) is 11.6 Å². The van der Waals surface area contributed by atoms with E-state index in [-0.39, 0.29) is 23.7 Å². The van der Waals surface area contributed by atoms with Gasteiger partial charge in [-0.2, -0.15) is 0 Å². The molecule has 2 rings (SSSR count). The number of carbonyl (C=O) groups excluding carboxylic acids is 2. The van der Waals surface area contributed by atoms with Crippen molar-refractivity contribution in [3.8, 4) is 11.5 Å². The molecule has 0 unspecified atom stereocenters. The standard InChI is InChI=1S/C20H22N2O7/c1-5-28-18-10-15(16(22(25)26)11-17(18)27-4)20(24)29-13(3)19(23)21-14-8-6-12(2)7-9-14/h6-11,13H,5H2,1-4H3,(H,21,23)/t13-/m0/s1. The molecular weight excluding hydrogens is 380 g/mol. The molecule has 0 aliphatic carbocycles. The minimum Gasteiger partial charge on any atom is -0.493 e. The number of ether oxygens (including phenoxy) is 3. The number of aryl methyl sites for hydroxylation is 1. The molecule has 0 saturated carbocycles. The number of amides is 1. The monoisotopic (exact) mass is 402 g/mol. The van der Waals surface area contributed by atoms with Gasteiger partial charge >= 0.3 is 5.97 Å². The summed E-state index contributed by atoms with van der Waals surface area (Å²) >= 11 is 0. The maximum Gasteiger partial charge on any atom is 0.346 e. The maximum absolute atomic E-state index is 12.5. The number of methoxy groups -OCH3 is 1. The zero-order valence-corrected chi connectivity index (χ0v) is 16.6. The number of esters is 1. The molecule has 1 atom stereocenters. The zero-order valence-electron chi connectivity index (χ0n) is 16.6. The van der Waals surface area contributed by atoms with E-state index in [9.17, 15) is 19.7 Å². The van der Waals surface area contributed by atoms with Gasteiger partial charge in [-0.25, -0.2) is 4.79 Å². The molecule has 0 saturated heterocycles.